The molecule has 6 heteroatoms. The Labute approximate surface area is 104 Å². The average molecular weight is 244 g/mol. The first-order valence-electron chi connectivity index (χ1n) is 5.22. The number of aromatic nitrogens is 2. The number of nitrogens with two attached hydrogens (primary N) is 1. The van der Waals surface area contributed by atoms with Crippen LogP contribution < -0.4 is 11.1 Å². The van der Waals surface area contributed by atoms with E-state index in [1.165, 1.54) is 19.5 Å². The maximum Gasteiger partial charge on any atom is 0.337 e. The third kappa shape index (κ3) is 2.73. The molecule has 0 saturated carbocycles. The predicted octanol–water partition coefficient (Wildman–Crippen LogP) is 1.59. The van der Waals surface area contributed by atoms with Crippen LogP contribution in [0.25, 0.3) is 0 Å². The van der Waals surface area contributed by atoms with Crippen LogP contribution in [0.2, 0.25) is 0 Å². The highest BCUT2D eigenvalue weighted by atomic mass is 16.5. The van der Waals surface area contributed by atoms with Crippen LogP contribution in [0.5, 0.6) is 0 Å². The van der Waals surface area contributed by atoms with E-state index < -0.39 is 0 Å². The lowest BCUT2D eigenvalue weighted by atomic mass is 10.2. The van der Waals surface area contributed by atoms with Crippen LogP contribution in [0.4, 0.5) is 17.3 Å². The molecule has 6 nitrogen and oxygen atoms in total. The molecule has 18 heavy (non-hydrogen) atoms. The molecule has 0 saturated heterocycles. The van der Waals surface area contributed by atoms with Gasteiger partial charge in [0.1, 0.15) is 0 Å². The van der Waals surface area contributed by atoms with Gasteiger partial charge in [-0.3, -0.25) is 0 Å². The number of hydrogen-bond donors (Lipinski definition) is 2. The quantitative estimate of drug-likeness (QED) is 0.797. The zero-order valence-corrected chi connectivity index (χ0v) is 9.75. The number of benzene rings is 1. The number of anilines is 3. The van der Waals surface area contributed by atoms with Crippen molar-refractivity contribution < 1.29 is 9.53 Å². The van der Waals surface area contributed by atoms with Gasteiger partial charge < -0.3 is 15.8 Å². The van der Waals surface area contributed by atoms with Crippen LogP contribution in [-0.2, 0) is 4.74 Å². The number of methoxy groups -OCH3 is 1. The van der Waals surface area contributed by atoms with Crippen LogP contribution in [0.1, 0.15) is 10.4 Å². The van der Waals surface area contributed by atoms with Gasteiger partial charge in [-0.2, -0.15) is 0 Å². The van der Waals surface area contributed by atoms with Gasteiger partial charge in [0.25, 0.3) is 0 Å². The Morgan fingerprint density at radius 3 is 2.39 bits per heavy atom. The molecular formula is C12H12N4O2. The second-order valence-corrected chi connectivity index (χ2v) is 3.53. The summed E-state index contributed by atoms with van der Waals surface area (Å²) in [7, 11) is 1.34. The number of nitrogens with zero attached hydrogens (tertiary/aromatic N) is 2. The molecule has 0 aliphatic carbocycles. The fourth-order valence-corrected chi connectivity index (χ4v) is 1.34. The molecule has 3 N–H and O–H groups in total. The second-order valence-electron chi connectivity index (χ2n) is 3.53. The van der Waals surface area contributed by atoms with Crippen LogP contribution in [0, 0.1) is 0 Å². The van der Waals surface area contributed by atoms with Gasteiger partial charge in [0.05, 0.1) is 30.8 Å². The third-order valence-corrected chi connectivity index (χ3v) is 2.23. The minimum atomic E-state index is -0.370. The van der Waals surface area contributed by atoms with Gasteiger partial charge in [0.15, 0.2) is 0 Å². The first-order valence-corrected chi connectivity index (χ1v) is 5.22. The Balaban J connectivity index is 2.10. The highest BCUT2D eigenvalue weighted by Gasteiger charge is 2.04. The molecule has 0 aliphatic heterocycles. The van der Waals surface area contributed by atoms with Crippen molar-refractivity contribution in [1.29, 1.82) is 0 Å². The summed E-state index contributed by atoms with van der Waals surface area (Å²) in [4.78, 5) is 19.3. The largest absolute Gasteiger partial charge is 0.465 e. The van der Waals surface area contributed by atoms with Gasteiger partial charge in [-0.05, 0) is 24.3 Å². The van der Waals surface area contributed by atoms with Crippen LogP contribution in [-0.4, -0.2) is 23.0 Å². The summed E-state index contributed by atoms with van der Waals surface area (Å²) in [5.74, 6) is 0.0697. The van der Waals surface area contributed by atoms with Crippen molar-refractivity contribution in [3.8, 4) is 0 Å². The summed E-state index contributed by atoms with van der Waals surface area (Å²) in [6, 6.07) is 6.80. The number of nitrogen functional groups attached to an aromatic ring is 1. The van der Waals surface area contributed by atoms with Crippen LogP contribution in [0.3, 0.4) is 0 Å². The van der Waals surface area contributed by atoms with Crippen molar-refractivity contribution >= 4 is 23.3 Å². The normalized spacial score (nSPS) is 9.83. The van der Waals surface area contributed by atoms with Crippen molar-refractivity contribution in [2.45, 2.75) is 0 Å². The molecule has 0 fully saturated rings. The highest BCUT2D eigenvalue weighted by Crippen LogP contribution is 2.14. The molecular weight excluding hydrogens is 232 g/mol. The van der Waals surface area contributed by atoms with Crippen molar-refractivity contribution in [2.75, 3.05) is 18.2 Å². The van der Waals surface area contributed by atoms with Gasteiger partial charge in [-0.1, -0.05) is 0 Å². The maximum absolute atomic E-state index is 11.2. The molecule has 1 heterocycles. The number of carbonyl (C=O) groups is 1. The van der Waals surface area contributed by atoms with E-state index in [4.69, 9.17) is 5.73 Å². The number of esters is 1. The summed E-state index contributed by atoms with van der Waals surface area (Å²) < 4.78 is 4.61. The van der Waals surface area contributed by atoms with Gasteiger partial charge in [-0.25, -0.2) is 14.8 Å². The summed E-state index contributed by atoms with van der Waals surface area (Å²) in [5, 5.41) is 2.99. The predicted molar refractivity (Wildman–Crippen MR) is 67.5 cm³/mol. The van der Waals surface area contributed by atoms with E-state index in [0.29, 0.717) is 17.2 Å². The standard InChI is InChI=1S/C12H12N4O2/c1-18-11(17)8-2-4-10(5-3-8)16-12-14-6-9(13)7-15-12/h2-7H,13H2,1H3,(H,14,15,16). The molecule has 0 aliphatic rings. The van der Waals surface area contributed by atoms with Crippen molar-refractivity contribution in [3.05, 3.63) is 42.2 Å². The van der Waals surface area contributed by atoms with E-state index >= 15 is 0 Å². The molecule has 0 amide bonds. The van der Waals surface area contributed by atoms with E-state index in [1.807, 2.05) is 0 Å². The van der Waals surface area contributed by atoms with Crippen LogP contribution in [0.15, 0.2) is 36.7 Å². The SMILES string of the molecule is COC(=O)c1ccc(Nc2ncc(N)cn2)cc1. The number of ether oxygens (including phenoxy) is 1. The Morgan fingerprint density at radius 1 is 1.22 bits per heavy atom. The zero-order chi connectivity index (χ0) is 13.0. The first kappa shape index (κ1) is 11.8. The molecule has 92 valence electrons. The molecule has 0 bridgehead atoms. The fourth-order valence-electron chi connectivity index (χ4n) is 1.34. The minimum absolute atomic E-state index is 0.370. The summed E-state index contributed by atoms with van der Waals surface area (Å²) in [6.07, 6.45) is 3.02. The Bertz CT molecular complexity index is 537. The Kier molecular flexibility index (Phi) is 3.38. The Hall–Kier alpha value is -2.63. The Morgan fingerprint density at radius 2 is 1.83 bits per heavy atom. The van der Waals surface area contributed by atoms with Crippen molar-refractivity contribution in [2.24, 2.45) is 0 Å². The van der Waals surface area contributed by atoms with E-state index in [2.05, 4.69) is 20.0 Å². The lowest BCUT2D eigenvalue weighted by molar-refractivity contribution is 0.0601. The molecule has 1 aromatic heterocycles. The number of nitrogens with one attached hydrogen (secondary N) is 1. The molecule has 0 radical (unpaired) electrons. The lowest BCUT2D eigenvalue weighted by Crippen LogP contribution is -2.02. The molecule has 2 rings (SSSR count). The van der Waals surface area contributed by atoms with Crippen molar-refractivity contribution in [1.82, 2.24) is 9.97 Å². The van der Waals surface area contributed by atoms with Crippen molar-refractivity contribution in [3.63, 3.8) is 0 Å². The third-order valence-electron chi connectivity index (χ3n) is 2.23. The molecule has 0 unspecified atom stereocenters. The topological polar surface area (TPSA) is 90.1 Å². The molecule has 0 atom stereocenters. The van der Waals surface area contributed by atoms with Gasteiger partial charge in [-0.15, -0.1) is 0 Å². The smallest absolute Gasteiger partial charge is 0.337 e. The monoisotopic (exact) mass is 244 g/mol. The van der Waals surface area contributed by atoms with E-state index in [-0.39, 0.29) is 5.97 Å². The minimum Gasteiger partial charge on any atom is -0.465 e. The van der Waals surface area contributed by atoms with Crippen LogP contribution >= 0.6 is 0 Å². The first-order chi connectivity index (χ1) is 8.69. The molecule has 0 spiro atoms. The van der Waals surface area contributed by atoms with E-state index in [1.54, 1.807) is 24.3 Å². The van der Waals surface area contributed by atoms with Gasteiger partial charge >= 0.3 is 5.97 Å². The number of hydrogen-bond acceptors (Lipinski definition) is 6. The lowest BCUT2D eigenvalue weighted by Gasteiger charge is -2.05. The maximum atomic E-state index is 11.2. The summed E-state index contributed by atoms with van der Waals surface area (Å²) in [6.45, 7) is 0. The van der Waals surface area contributed by atoms with Gasteiger partial charge in [0.2, 0.25) is 5.95 Å². The van der Waals surface area contributed by atoms with Gasteiger partial charge in [0, 0.05) is 5.69 Å². The highest BCUT2D eigenvalue weighted by molar-refractivity contribution is 5.89. The second kappa shape index (κ2) is 5.13. The molecule has 1 aromatic carbocycles. The van der Waals surface area contributed by atoms with E-state index in [9.17, 15) is 4.79 Å². The average Bonchev–Trinajstić information content (AvgIpc) is 2.41. The molecule has 2 aromatic rings. The number of carbonyl (C=O) groups excluding carboxylic acids is 1. The summed E-state index contributed by atoms with van der Waals surface area (Å²) in [5.41, 5.74) is 7.24. The van der Waals surface area contributed by atoms with E-state index in [0.717, 1.165) is 5.69 Å². The summed E-state index contributed by atoms with van der Waals surface area (Å²) >= 11 is 0. The zero-order valence-electron chi connectivity index (χ0n) is 9.75. The fraction of sp³-hybridized carbons (Fsp3) is 0.0833. The number of rotatable bonds is 3.